The third-order valence-corrected chi connectivity index (χ3v) is 5.09. The molecule has 0 aliphatic rings. The molecule has 0 radical (unpaired) electrons. The minimum absolute atomic E-state index is 0.247. The Kier molecular flexibility index (Phi) is 3.66. The van der Waals surface area contributed by atoms with E-state index in [0.29, 0.717) is 0 Å². The monoisotopic (exact) mass is 268 g/mol. The van der Waals surface area contributed by atoms with Crippen LogP contribution in [-0.2, 0) is 14.3 Å². The summed E-state index contributed by atoms with van der Waals surface area (Å²) in [6.45, 7) is 1.41. The normalized spacial score (nSPS) is 18.1. The van der Waals surface area contributed by atoms with Crippen LogP contribution in [0.5, 0.6) is 0 Å². The maximum atomic E-state index is 11.2. The van der Waals surface area contributed by atoms with Crippen LogP contribution in [0.3, 0.4) is 0 Å². The van der Waals surface area contributed by atoms with Gasteiger partial charge in [0, 0.05) is 0 Å². The van der Waals surface area contributed by atoms with E-state index in [1.54, 1.807) is 18.2 Å². The van der Waals surface area contributed by atoms with Crippen molar-refractivity contribution in [1.82, 2.24) is 0 Å². The Balaban J connectivity index is 3.39. The van der Waals surface area contributed by atoms with Crippen molar-refractivity contribution in [2.24, 2.45) is 0 Å². The quantitative estimate of drug-likeness (QED) is 0.677. The standard InChI is InChI=1S/C9H10Cl2O3S/c1-7(10)9(11,15(12,13)14)8-5-3-2-4-6-8/h2-7H,1H3,(H,12,13,14). The fraction of sp³-hybridized carbons (Fsp3) is 0.333. The lowest BCUT2D eigenvalue weighted by atomic mass is 10.1. The lowest BCUT2D eigenvalue weighted by Gasteiger charge is -2.26. The lowest BCUT2D eigenvalue weighted by molar-refractivity contribution is 0.458. The van der Waals surface area contributed by atoms with Crippen molar-refractivity contribution < 1.29 is 13.0 Å². The first kappa shape index (κ1) is 12.8. The molecular formula is C9H10Cl2O3S. The summed E-state index contributed by atoms with van der Waals surface area (Å²) in [5, 5.41) is -0.962. The molecule has 0 saturated carbocycles. The SMILES string of the molecule is CC(Cl)C(Cl)(c1ccccc1)S(=O)(=O)O. The highest BCUT2D eigenvalue weighted by atomic mass is 35.5. The second-order valence-corrected chi connectivity index (χ2v) is 6.17. The molecule has 2 atom stereocenters. The van der Waals surface area contributed by atoms with Gasteiger partial charge in [-0.15, -0.1) is 11.6 Å². The van der Waals surface area contributed by atoms with Crippen molar-refractivity contribution in [1.29, 1.82) is 0 Å². The van der Waals surface area contributed by atoms with Crippen molar-refractivity contribution in [3.05, 3.63) is 35.9 Å². The van der Waals surface area contributed by atoms with Crippen LogP contribution in [0.2, 0.25) is 0 Å². The van der Waals surface area contributed by atoms with Crippen molar-refractivity contribution in [2.75, 3.05) is 0 Å². The molecule has 0 aliphatic carbocycles. The zero-order valence-electron chi connectivity index (χ0n) is 7.89. The number of halogens is 2. The van der Waals surface area contributed by atoms with E-state index in [2.05, 4.69) is 0 Å². The van der Waals surface area contributed by atoms with Crippen LogP contribution in [0, 0.1) is 0 Å². The summed E-state index contributed by atoms with van der Waals surface area (Å²) in [4.78, 5) is 0. The summed E-state index contributed by atoms with van der Waals surface area (Å²) in [6, 6.07) is 7.96. The Bertz CT molecular complexity index is 430. The topological polar surface area (TPSA) is 54.4 Å². The number of hydrogen-bond donors (Lipinski definition) is 1. The molecule has 1 rings (SSSR count). The zero-order valence-corrected chi connectivity index (χ0v) is 10.2. The smallest absolute Gasteiger partial charge is 0.284 e. The molecule has 1 aromatic carbocycles. The van der Waals surface area contributed by atoms with Crippen LogP contribution >= 0.6 is 23.2 Å². The summed E-state index contributed by atoms with van der Waals surface area (Å²) in [6.07, 6.45) is 0. The van der Waals surface area contributed by atoms with E-state index in [1.807, 2.05) is 0 Å². The average molecular weight is 269 g/mol. The van der Waals surface area contributed by atoms with E-state index in [4.69, 9.17) is 27.8 Å². The maximum Gasteiger partial charge on any atom is 0.290 e. The van der Waals surface area contributed by atoms with Gasteiger partial charge < -0.3 is 0 Å². The van der Waals surface area contributed by atoms with Gasteiger partial charge in [0.15, 0.2) is 0 Å². The summed E-state index contributed by atoms with van der Waals surface area (Å²) < 4.78 is 29.6. The second-order valence-electron chi connectivity index (χ2n) is 3.10. The molecule has 0 bridgehead atoms. The van der Waals surface area contributed by atoms with Gasteiger partial charge in [0.1, 0.15) is 0 Å². The van der Waals surface area contributed by atoms with Crippen molar-refractivity contribution >= 4 is 33.3 Å². The van der Waals surface area contributed by atoms with E-state index in [9.17, 15) is 8.42 Å². The highest BCUT2D eigenvalue weighted by Gasteiger charge is 2.47. The molecule has 6 heteroatoms. The van der Waals surface area contributed by atoms with E-state index in [-0.39, 0.29) is 5.56 Å². The Labute approximate surface area is 98.8 Å². The lowest BCUT2D eigenvalue weighted by Crippen LogP contribution is -2.37. The number of benzene rings is 1. The third kappa shape index (κ3) is 2.28. The number of hydrogen-bond acceptors (Lipinski definition) is 2. The largest absolute Gasteiger partial charge is 0.290 e. The Morgan fingerprint density at radius 2 is 1.80 bits per heavy atom. The van der Waals surface area contributed by atoms with E-state index in [0.717, 1.165) is 0 Å². The number of rotatable bonds is 3. The minimum Gasteiger partial charge on any atom is -0.284 e. The Hall–Kier alpha value is -0.290. The molecule has 1 N–H and O–H groups in total. The first-order chi connectivity index (χ1) is 6.80. The van der Waals surface area contributed by atoms with Crippen LogP contribution in [0.15, 0.2) is 30.3 Å². The van der Waals surface area contributed by atoms with Crippen LogP contribution in [0.4, 0.5) is 0 Å². The molecule has 0 aliphatic heterocycles. The van der Waals surface area contributed by atoms with Gasteiger partial charge in [-0.25, -0.2) is 0 Å². The van der Waals surface area contributed by atoms with E-state index >= 15 is 0 Å². The summed E-state index contributed by atoms with van der Waals surface area (Å²) in [5.41, 5.74) is 0.247. The first-order valence-electron chi connectivity index (χ1n) is 4.15. The third-order valence-electron chi connectivity index (χ3n) is 2.05. The fourth-order valence-corrected chi connectivity index (χ4v) is 2.68. The second kappa shape index (κ2) is 4.29. The molecule has 15 heavy (non-hydrogen) atoms. The molecular weight excluding hydrogens is 259 g/mol. The maximum absolute atomic E-state index is 11.2. The fourth-order valence-electron chi connectivity index (χ4n) is 1.25. The van der Waals surface area contributed by atoms with Crippen molar-refractivity contribution in [3.63, 3.8) is 0 Å². The highest BCUT2D eigenvalue weighted by molar-refractivity contribution is 7.88. The van der Waals surface area contributed by atoms with Crippen LogP contribution in [0.25, 0.3) is 0 Å². The highest BCUT2D eigenvalue weighted by Crippen LogP contribution is 2.40. The number of alkyl halides is 2. The van der Waals surface area contributed by atoms with Gasteiger partial charge in [0.2, 0.25) is 4.21 Å². The van der Waals surface area contributed by atoms with Crippen molar-refractivity contribution in [3.8, 4) is 0 Å². The molecule has 0 spiro atoms. The van der Waals surface area contributed by atoms with Crippen LogP contribution in [-0.4, -0.2) is 18.3 Å². The molecule has 0 heterocycles. The van der Waals surface area contributed by atoms with E-state index in [1.165, 1.54) is 19.1 Å². The molecule has 1 aromatic rings. The predicted octanol–water partition coefficient (Wildman–Crippen LogP) is 2.59. The van der Waals surface area contributed by atoms with Crippen LogP contribution < -0.4 is 0 Å². The molecule has 2 unspecified atom stereocenters. The average Bonchev–Trinajstić information content (AvgIpc) is 2.16. The molecule has 84 valence electrons. The molecule has 0 fully saturated rings. The zero-order chi connectivity index (χ0) is 11.7. The predicted molar refractivity (Wildman–Crippen MR) is 60.8 cm³/mol. The molecule has 0 amide bonds. The molecule has 3 nitrogen and oxygen atoms in total. The Morgan fingerprint density at radius 3 is 2.13 bits per heavy atom. The van der Waals surface area contributed by atoms with Gasteiger partial charge in [0.05, 0.1) is 5.38 Å². The van der Waals surface area contributed by atoms with Gasteiger partial charge in [-0.1, -0.05) is 41.9 Å². The summed E-state index contributed by atoms with van der Waals surface area (Å²) in [7, 11) is -4.48. The summed E-state index contributed by atoms with van der Waals surface area (Å²) >= 11 is 11.6. The first-order valence-corrected chi connectivity index (χ1v) is 6.41. The van der Waals surface area contributed by atoms with Gasteiger partial charge >= 0.3 is 0 Å². The van der Waals surface area contributed by atoms with E-state index < -0.39 is 19.7 Å². The van der Waals surface area contributed by atoms with Gasteiger partial charge in [-0.05, 0) is 12.5 Å². The van der Waals surface area contributed by atoms with Crippen molar-refractivity contribution in [2.45, 2.75) is 16.5 Å². The Morgan fingerprint density at radius 1 is 1.33 bits per heavy atom. The van der Waals surface area contributed by atoms with Gasteiger partial charge in [-0.3, -0.25) is 4.55 Å². The van der Waals surface area contributed by atoms with Gasteiger partial charge in [0.25, 0.3) is 10.1 Å². The molecule has 0 aromatic heterocycles. The summed E-state index contributed by atoms with van der Waals surface area (Å²) in [5.74, 6) is 0. The molecule has 0 saturated heterocycles. The van der Waals surface area contributed by atoms with Gasteiger partial charge in [-0.2, -0.15) is 8.42 Å². The minimum atomic E-state index is -4.48. The van der Waals surface area contributed by atoms with Crippen LogP contribution in [0.1, 0.15) is 12.5 Å².